The van der Waals surface area contributed by atoms with Crippen LogP contribution in [0, 0.1) is 13.8 Å². The molecule has 1 aliphatic heterocycles. The second-order valence-electron chi connectivity index (χ2n) is 4.56. The van der Waals surface area contributed by atoms with Crippen molar-refractivity contribution in [3.63, 3.8) is 0 Å². The van der Waals surface area contributed by atoms with E-state index in [0.717, 1.165) is 11.4 Å². The average molecular weight is 214 g/mol. The molecule has 0 saturated carbocycles. The van der Waals surface area contributed by atoms with Gasteiger partial charge < -0.3 is 4.98 Å². The highest BCUT2D eigenvalue weighted by Crippen LogP contribution is 2.29. The Morgan fingerprint density at radius 3 is 2.31 bits per heavy atom. The molecule has 0 bridgehead atoms. The van der Waals surface area contributed by atoms with Crippen molar-refractivity contribution in [1.29, 1.82) is 0 Å². The number of hydrogen-bond donors (Lipinski definition) is 1. The van der Waals surface area contributed by atoms with Crippen LogP contribution in [0.2, 0.25) is 0 Å². The van der Waals surface area contributed by atoms with Crippen LogP contribution in [0.5, 0.6) is 0 Å². The summed E-state index contributed by atoms with van der Waals surface area (Å²) in [5.41, 5.74) is 8.38. The highest BCUT2D eigenvalue weighted by Gasteiger charge is 2.14. The molecule has 2 heterocycles. The summed E-state index contributed by atoms with van der Waals surface area (Å²) in [4.78, 5) is 7.98. The Hall–Kier alpha value is -1.57. The van der Waals surface area contributed by atoms with Crippen LogP contribution < -0.4 is 0 Å². The number of H-pyrrole nitrogens is 1. The van der Waals surface area contributed by atoms with Crippen molar-refractivity contribution in [2.75, 3.05) is 0 Å². The lowest BCUT2D eigenvalue weighted by Gasteiger charge is -2.05. The summed E-state index contributed by atoms with van der Waals surface area (Å²) in [5.74, 6) is 0. The molecule has 2 heteroatoms. The van der Waals surface area contributed by atoms with Crippen LogP contribution >= 0.6 is 0 Å². The smallest absolute Gasteiger partial charge is 0.0712 e. The number of aliphatic imine (C=N–C) groups is 1. The van der Waals surface area contributed by atoms with E-state index in [1.54, 1.807) is 0 Å². The largest absolute Gasteiger partial charge is 0.359 e. The average Bonchev–Trinajstić information content (AvgIpc) is 2.68. The molecule has 84 valence electrons. The molecule has 0 radical (unpaired) electrons. The first-order chi connectivity index (χ1) is 7.49. The molecule has 16 heavy (non-hydrogen) atoms. The molecule has 0 fully saturated rings. The summed E-state index contributed by atoms with van der Waals surface area (Å²) >= 11 is 0. The van der Waals surface area contributed by atoms with Crippen LogP contribution in [0.3, 0.4) is 0 Å². The van der Waals surface area contributed by atoms with E-state index in [9.17, 15) is 0 Å². The van der Waals surface area contributed by atoms with E-state index in [1.807, 2.05) is 6.92 Å². The van der Waals surface area contributed by atoms with Gasteiger partial charge in [0.1, 0.15) is 0 Å². The number of rotatable bonds is 1. The third kappa shape index (κ3) is 1.75. The van der Waals surface area contributed by atoms with Gasteiger partial charge in [0.2, 0.25) is 0 Å². The predicted molar refractivity (Wildman–Crippen MR) is 69.7 cm³/mol. The Labute approximate surface area is 96.8 Å². The van der Waals surface area contributed by atoms with Crippen molar-refractivity contribution in [1.82, 2.24) is 4.98 Å². The number of allylic oxidation sites excluding steroid dienone is 3. The fourth-order valence-electron chi connectivity index (χ4n) is 2.29. The normalized spacial score (nSPS) is 18.6. The summed E-state index contributed by atoms with van der Waals surface area (Å²) in [7, 11) is 0. The van der Waals surface area contributed by atoms with Crippen LogP contribution in [0.1, 0.15) is 37.7 Å². The standard InChI is InChI=1S/C14H18N2/c1-8-6-10(3)15-13(8)12(5)14-9(2)7-11(4)16-14/h6-7,15H,1-5H3/b14-12+. The van der Waals surface area contributed by atoms with Gasteiger partial charge in [0.05, 0.1) is 5.70 Å². The summed E-state index contributed by atoms with van der Waals surface area (Å²) in [6.45, 7) is 10.5. The maximum atomic E-state index is 4.58. The van der Waals surface area contributed by atoms with Crippen molar-refractivity contribution in [3.8, 4) is 0 Å². The zero-order valence-electron chi connectivity index (χ0n) is 10.6. The third-order valence-corrected chi connectivity index (χ3v) is 2.97. The van der Waals surface area contributed by atoms with Gasteiger partial charge in [-0.2, -0.15) is 0 Å². The summed E-state index contributed by atoms with van der Waals surface area (Å²) in [5, 5.41) is 0. The molecule has 0 saturated heterocycles. The Kier molecular flexibility index (Phi) is 2.58. The lowest BCUT2D eigenvalue weighted by Crippen LogP contribution is -1.89. The maximum absolute atomic E-state index is 4.58. The molecular weight excluding hydrogens is 196 g/mol. The molecule has 0 atom stereocenters. The zero-order chi connectivity index (χ0) is 11.9. The number of aryl methyl sites for hydroxylation is 2. The maximum Gasteiger partial charge on any atom is 0.0712 e. The van der Waals surface area contributed by atoms with Crippen molar-refractivity contribution in [3.05, 3.63) is 40.4 Å². The van der Waals surface area contributed by atoms with Gasteiger partial charge in [0.25, 0.3) is 0 Å². The van der Waals surface area contributed by atoms with Crippen molar-refractivity contribution >= 4 is 11.3 Å². The Morgan fingerprint density at radius 2 is 1.88 bits per heavy atom. The number of hydrogen-bond acceptors (Lipinski definition) is 1. The molecule has 1 N–H and O–H groups in total. The molecule has 0 aromatic carbocycles. The van der Waals surface area contributed by atoms with Crippen LogP contribution in [0.25, 0.3) is 5.57 Å². The fraction of sp³-hybridized carbons (Fsp3) is 0.357. The quantitative estimate of drug-likeness (QED) is 0.737. The van der Waals surface area contributed by atoms with Gasteiger partial charge in [-0.25, -0.2) is 0 Å². The van der Waals surface area contributed by atoms with E-state index in [-0.39, 0.29) is 0 Å². The first-order valence-electron chi connectivity index (χ1n) is 5.60. The molecule has 0 spiro atoms. The summed E-state index contributed by atoms with van der Waals surface area (Å²) in [6, 6.07) is 2.17. The van der Waals surface area contributed by atoms with Gasteiger partial charge in [-0.05, 0) is 63.5 Å². The van der Waals surface area contributed by atoms with Crippen molar-refractivity contribution < 1.29 is 0 Å². The monoisotopic (exact) mass is 214 g/mol. The van der Waals surface area contributed by atoms with Crippen LogP contribution in [0.4, 0.5) is 0 Å². The van der Waals surface area contributed by atoms with E-state index in [4.69, 9.17) is 0 Å². The molecule has 1 aromatic rings. The molecule has 0 amide bonds. The molecule has 1 aliphatic rings. The van der Waals surface area contributed by atoms with Crippen LogP contribution in [-0.4, -0.2) is 10.7 Å². The van der Waals surface area contributed by atoms with Gasteiger partial charge >= 0.3 is 0 Å². The van der Waals surface area contributed by atoms with E-state index in [1.165, 1.54) is 28.1 Å². The lowest BCUT2D eigenvalue weighted by molar-refractivity contribution is 1.20. The highest BCUT2D eigenvalue weighted by molar-refractivity contribution is 5.99. The highest BCUT2D eigenvalue weighted by atomic mass is 14.8. The fourth-order valence-corrected chi connectivity index (χ4v) is 2.29. The molecular formula is C14H18N2. The van der Waals surface area contributed by atoms with Gasteiger partial charge in [-0.15, -0.1) is 0 Å². The first kappa shape index (κ1) is 10.9. The van der Waals surface area contributed by atoms with Crippen molar-refractivity contribution in [2.45, 2.75) is 34.6 Å². The number of aromatic amines is 1. The molecule has 2 nitrogen and oxygen atoms in total. The summed E-state index contributed by atoms with van der Waals surface area (Å²) in [6.07, 6.45) is 2.13. The van der Waals surface area contributed by atoms with Crippen LogP contribution in [0.15, 0.2) is 28.4 Å². The minimum atomic E-state index is 1.09. The number of nitrogens with zero attached hydrogens (tertiary/aromatic N) is 1. The number of aromatic nitrogens is 1. The third-order valence-electron chi connectivity index (χ3n) is 2.97. The molecule has 2 rings (SSSR count). The first-order valence-corrected chi connectivity index (χ1v) is 5.60. The van der Waals surface area contributed by atoms with Gasteiger partial charge in [0.15, 0.2) is 0 Å². The van der Waals surface area contributed by atoms with Crippen molar-refractivity contribution in [2.24, 2.45) is 4.99 Å². The molecule has 1 aromatic heterocycles. The van der Waals surface area contributed by atoms with Gasteiger partial charge in [-0.1, -0.05) is 0 Å². The lowest BCUT2D eigenvalue weighted by atomic mass is 10.1. The van der Waals surface area contributed by atoms with E-state index >= 15 is 0 Å². The minimum Gasteiger partial charge on any atom is -0.359 e. The second kappa shape index (κ2) is 3.78. The zero-order valence-corrected chi connectivity index (χ0v) is 10.6. The topological polar surface area (TPSA) is 28.1 Å². The second-order valence-corrected chi connectivity index (χ2v) is 4.56. The predicted octanol–water partition coefficient (Wildman–Crippen LogP) is 3.78. The summed E-state index contributed by atoms with van der Waals surface area (Å²) < 4.78 is 0. The van der Waals surface area contributed by atoms with E-state index in [2.05, 4.69) is 49.8 Å². The van der Waals surface area contributed by atoms with E-state index < -0.39 is 0 Å². The SMILES string of the molecule is CC1=CC(C)=N/C1=C(\C)c1[nH]c(C)cc1C. The Morgan fingerprint density at radius 1 is 1.19 bits per heavy atom. The van der Waals surface area contributed by atoms with Gasteiger partial charge in [0, 0.05) is 17.1 Å². The van der Waals surface area contributed by atoms with Gasteiger partial charge in [-0.3, -0.25) is 4.99 Å². The Bertz CT molecular complexity index is 525. The van der Waals surface area contributed by atoms with E-state index in [0.29, 0.717) is 0 Å². The number of nitrogens with one attached hydrogen (secondary N) is 1. The van der Waals surface area contributed by atoms with Crippen LogP contribution in [-0.2, 0) is 0 Å². The molecule has 0 unspecified atom stereocenters. The minimum absolute atomic E-state index is 1.09. The Balaban J connectivity index is 2.54. The molecule has 0 aliphatic carbocycles.